The second-order valence-corrected chi connectivity index (χ2v) is 1.44. The summed E-state index contributed by atoms with van der Waals surface area (Å²) in [6, 6.07) is 0.280. The zero-order chi connectivity index (χ0) is 6.99. The summed E-state index contributed by atoms with van der Waals surface area (Å²) >= 11 is 0. The van der Waals surface area contributed by atoms with E-state index in [4.69, 9.17) is 0 Å². The fraction of sp³-hybridized carbons (Fsp3) is 0.833. The second kappa shape index (κ2) is 9.69. The number of rotatable bonds is 2. The van der Waals surface area contributed by atoms with Gasteiger partial charge in [-0.15, -0.1) is 0 Å². The number of carbonyl (C=O) groups is 1. The van der Waals surface area contributed by atoms with Crippen LogP contribution in [0.3, 0.4) is 0 Å². The van der Waals surface area contributed by atoms with Crippen LogP contribution < -0.4 is 5.32 Å². The standard InChI is InChI=1S/C4H9NO.C2H6/c1-4(2)5-3-6;1-2/h3-4H,1-2H3,(H,5,6);1-2H3. The molecule has 0 heterocycles. The number of hydrogen-bond acceptors (Lipinski definition) is 1. The maximum Gasteiger partial charge on any atom is 0.207 e. The van der Waals surface area contributed by atoms with Crippen molar-refractivity contribution < 1.29 is 4.79 Å². The van der Waals surface area contributed by atoms with Crippen LogP contribution in [0.2, 0.25) is 0 Å². The summed E-state index contributed by atoms with van der Waals surface area (Å²) in [5, 5.41) is 2.53. The van der Waals surface area contributed by atoms with E-state index in [1.807, 2.05) is 27.7 Å². The van der Waals surface area contributed by atoms with Crippen LogP contribution in [0.15, 0.2) is 0 Å². The van der Waals surface area contributed by atoms with Crippen molar-refractivity contribution in [1.82, 2.24) is 5.32 Å². The van der Waals surface area contributed by atoms with Crippen molar-refractivity contribution in [2.24, 2.45) is 0 Å². The Hall–Kier alpha value is -0.530. The fourth-order valence-corrected chi connectivity index (χ4v) is 0.136. The van der Waals surface area contributed by atoms with E-state index in [2.05, 4.69) is 5.32 Å². The van der Waals surface area contributed by atoms with Gasteiger partial charge >= 0.3 is 0 Å². The van der Waals surface area contributed by atoms with Crippen molar-refractivity contribution in [3.8, 4) is 0 Å². The first-order chi connectivity index (χ1) is 3.77. The van der Waals surface area contributed by atoms with Gasteiger partial charge in [0.25, 0.3) is 0 Å². The molecule has 0 aromatic rings. The van der Waals surface area contributed by atoms with Crippen LogP contribution in [-0.4, -0.2) is 12.5 Å². The normalized spacial score (nSPS) is 7.12. The van der Waals surface area contributed by atoms with Gasteiger partial charge in [-0.2, -0.15) is 0 Å². The van der Waals surface area contributed by atoms with Crippen molar-refractivity contribution in [3.63, 3.8) is 0 Å². The predicted octanol–water partition coefficient (Wildman–Crippen LogP) is 1.17. The van der Waals surface area contributed by atoms with Crippen LogP contribution in [0.25, 0.3) is 0 Å². The zero-order valence-electron chi connectivity index (χ0n) is 6.06. The van der Waals surface area contributed by atoms with E-state index in [0.29, 0.717) is 6.41 Å². The zero-order valence-corrected chi connectivity index (χ0v) is 6.06. The Labute approximate surface area is 51.3 Å². The summed E-state index contributed by atoms with van der Waals surface area (Å²) in [6.07, 6.45) is 0.699. The Morgan fingerprint density at radius 2 is 1.75 bits per heavy atom. The van der Waals surface area contributed by atoms with Crippen molar-refractivity contribution in [3.05, 3.63) is 0 Å². The summed E-state index contributed by atoms with van der Waals surface area (Å²) < 4.78 is 0. The lowest BCUT2D eigenvalue weighted by Gasteiger charge is -1.96. The van der Waals surface area contributed by atoms with Crippen molar-refractivity contribution in [2.45, 2.75) is 33.7 Å². The van der Waals surface area contributed by atoms with Gasteiger partial charge in [0, 0.05) is 6.04 Å². The third-order valence-corrected chi connectivity index (χ3v) is 0.401. The molecule has 1 amide bonds. The molecule has 0 bridgehead atoms. The topological polar surface area (TPSA) is 29.1 Å². The van der Waals surface area contributed by atoms with Crippen molar-refractivity contribution in [2.75, 3.05) is 0 Å². The molecule has 0 atom stereocenters. The van der Waals surface area contributed by atoms with Gasteiger partial charge in [-0.3, -0.25) is 4.79 Å². The van der Waals surface area contributed by atoms with Gasteiger partial charge in [-0.25, -0.2) is 0 Å². The Morgan fingerprint density at radius 1 is 1.38 bits per heavy atom. The molecule has 0 radical (unpaired) electrons. The molecule has 0 aliphatic heterocycles. The Morgan fingerprint density at radius 3 is 1.75 bits per heavy atom. The van der Waals surface area contributed by atoms with E-state index >= 15 is 0 Å². The smallest absolute Gasteiger partial charge is 0.207 e. The van der Waals surface area contributed by atoms with Gasteiger partial charge < -0.3 is 5.32 Å². The second-order valence-electron chi connectivity index (χ2n) is 1.44. The average Bonchev–Trinajstić information content (AvgIpc) is 1.72. The van der Waals surface area contributed by atoms with Gasteiger partial charge in [0.15, 0.2) is 0 Å². The number of amides is 1. The highest BCUT2D eigenvalue weighted by molar-refractivity contribution is 5.46. The molecule has 0 aliphatic carbocycles. The third kappa shape index (κ3) is 17.9. The minimum atomic E-state index is 0.280. The Balaban J connectivity index is 0. The molecule has 1 N–H and O–H groups in total. The van der Waals surface area contributed by atoms with E-state index in [1.165, 1.54) is 0 Å². The summed E-state index contributed by atoms with van der Waals surface area (Å²) in [7, 11) is 0. The van der Waals surface area contributed by atoms with Gasteiger partial charge in [-0.1, -0.05) is 13.8 Å². The molecule has 0 rings (SSSR count). The molecule has 0 fully saturated rings. The van der Waals surface area contributed by atoms with Crippen LogP contribution in [-0.2, 0) is 4.79 Å². The first kappa shape index (κ1) is 10.5. The molecule has 2 nitrogen and oxygen atoms in total. The van der Waals surface area contributed by atoms with E-state index in [9.17, 15) is 4.79 Å². The highest BCUT2D eigenvalue weighted by Crippen LogP contribution is 1.67. The molecule has 0 saturated heterocycles. The number of hydrogen-bond donors (Lipinski definition) is 1. The van der Waals surface area contributed by atoms with Gasteiger partial charge in [0.2, 0.25) is 6.41 Å². The Bertz CT molecular complexity index is 43.8. The number of carbonyl (C=O) groups excluding carboxylic acids is 1. The molecule has 2 heteroatoms. The fourth-order valence-electron chi connectivity index (χ4n) is 0.136. The minimum absolute atomic E-state index is 0.280. The molecule has 0 spiro atoms. The van der Waals surface area contributed by atoms with Crippen molar-refractivity contribution >= 4 is 6.41 Å². The highest BCUT2D eigenvalue weighted by atomic mass is 16.1. The summed E-state index contributed by atoms with van der Waals surface area (Å²) in [6.45, 7) is 7.82. The molecular formula is C6H15NO. The molecule has 50 valence electrons. The maximum atomic E-state index is 9.50. The highest BCUT2D eigenvalue weighted by Gasteiger charge is 1.81. The number of nitrogens with one attached hydrogen (secondary N) is 1. The molecule has 0 aromatic heterocycles. The van der Waals surface area contributed by atoms with E-state index in [1.54, 1.807) is 0 Å². The molecular weight excluding hydrogens is 102 g/mol. The van der Waals surface area contributed by atoms with Crippen LogP contribution >= 0.6 is 0 Å². The summed E-state index contributed by atoms with van der Waals surface area (Å²) in [5.74, 6) is 0. The first-order valence-electron chi connectivity index (χ1n) is 2.97. The van der Waals surface area contributed by atoms with Crippen molar-refractivity contribution in [1.29, 1.82) is 0 Å². The lowest BCUT2D eigenvalue weighted by molar-refractivity contribution is -0.109. The third-order valence-electron chi connectivity index (χ3n) is 0.401. The largest absolute Gasteiger partial charge is 0.357 e. The predicted molar refractivity (Wildman–Crippen MR) is 35.7 cm³/mol. The SMILES string of the molecule is CC.CC(C)NC=O. The minimum Gasteiger partial charge on any atom is -0.357 e. The van der Waals surface area contributed by atoms with E-state index < -0.39 is 0 Å². The molecule has 0 saturated carbocycles. The van der Waals surface area contributed by atoms with E-state index in [0.717, 1.165) is 0 Å². The lowest BCUT2D eigenvalue weighted by Crippen LogP contribution is -2.19. The summed E-state index contributed by atoms with van der Waals surface area (Å²) in [4.78, 5) is 9.50. The molecule has 0 unspecified atom stereocenters. The van der Waals surface area contributed by atoms with Crippen LogP contribution in [0.5, 0.6) is 0 Å². The summed E-state index contributed by atoms with van der Waals surface area (Å²) in [5.41, 5.74) is 0. The monoisotopic (exact) mass is 117 g/mol. The average molecular weight is 117 g/mol. The van der Waals surface area contributed by atoms with Crippen LogP contribution in [0.1, 0.15) is 27.7 Å². The van der Waals surface area contributed by atoms with Gasteiger partial charge in [-0.05, 0) is 13.8 Å². The first-order valence-corrected chi connectivity index (χ1v) is 2.97. The van der Waals surface area contributed by atoms with Gasteiger partial charge in [0.05, 0.1) is 0 Å². The molecule has 8 heavy (non-hydrogen) atoms. The maximum absolute atomic E-state index is 9.50. The Kier molecular flexibility index (Phi) is 12.7. The lowest BCUT2D eigenvalue weighted by atomic mass is 10.4. The quantitative estimate of drug-likeness (QED) is 0.540. The van der Waals surface area contributed by atoms with Crippen LogP contribution in [0.4, 0.5) is 0 Å². The molecule has 0 aliphatic rings. The molecule has 0 aromatic carbocycles. The van der Waals surface area contributed by atoms with Gasteiger partial charge in [0.1, 0.15) is 0 Å². The van der Waals surface area contributed by atoms with E-state index in [-0.39, 0.29) is 6.04 Å². The van der Waals surface area contributed by atoms with Crippen LogP contribution in [0, 0.1) is 0 Å².